The van der Waals surface area contributed by atoms with Gasteiger partial charge in [-0.15, -0.1) is 11.8 Å². The molecule has 2 amide bonds. The minimum atomic E-state index is -1.26. The topological polar surface area (TPSA) is 139 Å². The lowest BCUT2D eigenvalue weighted by Crippen LogP contribution is -2.70. The second-order valence-corrected chi connectivity index (χ2v) is 9.63. The number of nitrogens with one attached hydrogen (secondary N) is 1. The van der Waals surface area contributed by atoms with E-state index in [1.807, 2.05) is 30.3 Å². The summed E-state index contributed by atoms with van der Waals surface area (Å²) in [5.41, 5.74) is 1.60. The first-order valence-corrected chi connectivity index (χ1v) is 12.6. The smallest absolute Gasteiger partial charge is 0.352 e. The number of hydrogen-bond acceptors (Lipinski definition) is 8. The number of carboxylic acid groups (broad SMARTS) is 1. The van der Waals surface area contributed by atoms with Gasteiger partial charge in [0.25, 0.3) is 5.91 Å². The van der Waals surface area contributed by atoms with E-state index >= 15 is 0 Å². The number of carboxylic acids is 1. The van der Waals surface area contributed by atoms with Gasteiger partial charge in [-0.25, -0.2) is 4.79 Å². The third kappa shape index (κ3) is 5.94. The molecular weight excluding hydrogens is 512 g/mol. The average molecular weight is 537 g/mol. The molecule has 0 bridgehead atoms. The van der Waals surface area contributed by atoms with Crippen LogP contribution in [0.2, 0.25) is 0 Å². The van der Waals surface area contributed by atoms with E-state index in [9.17, 15) is 29.1 Å². The molecule has 11 heteroatoms. The Morgan fingerprint density at radius 1 is 1.03 bits per heavy atom. The zero-order chi connectivity index (χ0) is 27.4. The van der Waals surface area contributed by atoms with Crippen LogP contribution >= 0.6 is 11.8 Å². The lowest BCUT2D eigenvalue weighted by atomic mass is 10.0. The molecule has 2 aliphatic heterocycles. The van der Waals surface area contributed by atoms with Crippen molar-refractivity contribution < 1.29 is 38.6 Å². The molecule has 2 heterocycles. The quantitative estimate of drug-likeness (QED) is 0.296. The number of carbonyl (C=O) groups is 5. The predicted octanol–water partition coefficient (Wildman–Crippen LogP) is 2.53. The van der Waals surface area contributed by atoms with Crippen LogP contribution in [0.3, 0.4) is 0 Å². The molecule has 196 valence electrons. The molecule has 4 rings (SSSR count). The number of β-lactam (4-membered cyclic amide) rings is 1. The summed E-state index contributed by atoms with van der Waals surface area (Å²) < 4.78 is 10.2. The largest absolute Gasteiger partial charge is 0.477 e. The van der Waals surface area contributed by atoms with Crippen molar-refractivity contribution in [3.05, 3.63) is 77.0 Å². The zero-order valence-corrected chi connectivity index (χ0v) is 21.3. The number of fused-ring (bicyclic) bond motifs is 1. The average Bonchev–Trinajstić information content (AvgIpc) is 2.86. The van der Waals surface area contributed by atoms with Crippen LogP contribution in [0, 0.1) is 0 Å². The maximum Gasteiger partial charge on any atom is 0.352 e. The third-order valence-corrected chi connectivity index (χ3v) is 6.98. The van der Waals surface area contributed by atoms with Crippen LogP contribution in [-0.2, 0) is 30.4 Å². The van der Waals surface area contributed by atoms with Crippen molar-refractivity contribution in [1.82, 2.24) is 10.2 Å². The molecule has 1 saturated heterocycles. The highest BCUT2D eigenvalue weighted by molar-refractivity contribution is 8.00. The third-order valence-electron chi connectivity index (χ3n) is 5.68. The molecular formula is C27H24N2O8S. The summed E-state index contributed by atoms with van der Waals surface area (Å²) in [6, 6.07) is 12.8. The molecule has 10 nitrogen and oxygen atoms in total. The number of hydrogen-bond donors (Lipinski definition) is 2. The van der Waals surface area contributed by atoms with Crippen LogP contribution in [-0.4, -0.2) is 56.9 Å². The van der Waals surface area contributed by atoms with Crippen LogP contribution in [0.15, 0.2) is 65.9 Å². The number of allylic oxidation sites excluding steroid dienone is 1. The molecule has 2 aromatic carbocycles. The van der Waals surface area contributed by atoms with Gasteiger partial charge in [-0.2, -0.15) is 0 Å². The van der Waals surface area contributed by atoms with Gasteiger partial charge in [-0.3, -0.25) is 24.1 Å². The minimum absolute atomic E-state index is 0.0346. The SMILES string of the molecule is CC(=O)Oc1ccc(/C=C/C2=C(C(=O)O)N3C(=O)[C@@H](NC(=O)Cc4ccccc4)[C@H]3SC2)cc1OC(C)=O. The van der Waals surface area contributed by atoms with Gasteiger partial charge >= 0.3 is 17.9 Å². The lowest BCUT2D eigenvalue weighted by Gasteiger charge is -2.49. The van der Waals surface area contributed by atoms with Crippen molar-refractivity contribution in [1.29, 1.82) is 0 Å². The van der Waals surface area contributed by atoms with Crippen molar-refractivity contribution in [3.8, 4) is 11.5 Å². The molecule has 0 radical (unpaired) electrons. The summed E-state index contributed by atoms with van der Waals surface area (Å²) in [4.78, 5) is 61.4. The molecule has 0 aromatic heterocycles. The van der Waals surface area contributed by atoms with Crippen molar-refractivity contribution in [2.45, 2.75) is 31.7 Å². The van der Waals surface area contributed by atoms with Crippen LogP contribution in [0.5, 0.6) is 11.5 Å². The standard InChI is InChI=1S/C27H24N2O8S/c1-15(30)36-20-11-9-18(12-21(20)37-16(2)31)8-10-19-14-38-26-23(25(33)29(26)24(19)27(34)35)28-22(32)13-17-6-4-3-5-7-17/h3-12,23,26H,13-14H2,1-2H3,(H,28,32)(H,34,35)/b10-8+/t23-,26-/m1/s1. The van der Waals surface area contributed by atoms with Gasteiger partial charge in [0.2, 0.25) is 5.91 Å². The molecule has 2 aliphatic rings. The second kappa shape index (κ2) is 11.3. The van der Waals surface area contributed by atoms with Gasteiger partial charge < -0.3 is 19.9 Å². The number of nitrogens with zero attached hydrogens (tertiary/aromatic N) is 1. The number of carbonyl (C=O) groups excluding carboxylic acids is 4. The van der Waals surface area contributed by atoms with E-state index in [-0.39, 0.29) is 29.5 Å². The summed E-state index contributed by atoms with van der Waals surface area (Å²) in [6.45, 7) is 2.43. The fraction of sp³-hybridized carbons (Fsp3) is 0.222. The number of benzene rings is 2. The maximum atomic E-state index is 12.9. The Hall–Kier alpha value is -4.38. The van der Waals surface area contributed by atoms with Crippen molar-refractivity contribution in [2.75, 3.05) is 5.75 Å². The summed E-state index contributed by atoms with van der Waals surface area (Å²) >= 11 is 1.35. The van der Waals surface area contributed by atoms with Crippen molar-refractivity contribution >= 4 is 47.6 Å². The normalized spacial score (nSPS) is 18.5. The van der Waals surface area contributed by atoms with E-state index in [4.69, 9.17) is 9.47 Å². The van der Waals surface area contributed by atoms with Crippen molar-refractivity contribution in [3.63, 3.8) is 0 Å². The Morgan fingerprint density at radius 3 is 2.37 bits per heavy atom. The molecule has 1 fully saturated rings. The van der Waals surface area contributed by atoms with E-state index in [1.54, 1.807) is 18.2 Å². The summed E-state index contributed by atoms with van der Waals surface area (Å²) in [6.07, 6.45) is 3.29. The van der Waals surface area contributed by atoms with Gasteiger partial charge in [0.1, 0.15) is 17.1 Å². The number of aliphatic carboxylic acids is 1. The predicted molar refractivity (Wildman–Crippen MR) is 138 cm³/mol. The fourth-order valence-electron chi connectivity index (χ4n) is 4.08. The van der Waals surface area contributed by atoms with E-state index in [2.05, 4.69) is 5.32 Å². The van der Waals surface area contributed by atoms with Gasteiger partial charge in [0.05, 0.1) is 6.42 Å². The second-order valence-electron chi connectivity index (χ2n) is 8.52. The maximum absolute atomic E-state index is 12.9. The molecule has 0 unspecified atom stereocenters. The molecule has 38 heavy (non-hydrogen) atoms. The van der Waals surface area contributed by atoms with Crippen LogP contribution in [0.25, 0.3) is 6.08 Å². The number of ether oxygens (including phenoxy) is 2. The molecule has 2 aromatic rings. The van der Waals surface area contributed by atoms with E-state index in [0.29, 0.717) is 16.9 Å². The monoisotopic (exact) mass is 536 g/mol. The highest BCUT2D eigenvalue weighted by Gasteiger charge is 2.53. The van der Waals surface area contributed by atoms with E-state index in [0.717, 1.165) is 5.56 Å². The Labute approximate surface area is 222 Å². The lowest BCUT2D eigenvalue weighted by molar-refractivity contribution is -0.150. The number of thioether (sulfide) groups is 1. The van der Waals surface area contributed by atoms with Gasteiger partial charge in [-0.05, 0) is 28.8 Å². The number of amides is 2. The first-order chi connectivity index (χ1) is 18.1. The molecule has 2 N–H and O–H groups in total. The summed E-state index contributed by atoms with van der Waals surface area (Å²) in [5, 5.41) is 12.1. The van der Waals surface area contributed by atoms with Crippen molar-refractivity contribution in [2.24, 2.45) is 0 Å². The number of rotatable bonds is 8. The molecule has 0 saturated carbocycles. The molecule has 0 aliphatic carbocycles. The van der Waals surface area contributed by atoms with Crippen LogP contribution in [0.1, 0.15) is 25.0 Å². The van der Waals surface area contributed by atoms with Gasteiger partial charge in [0, 0.05) is 19.6 Å². The Balaban J connectivity index is 1.51. The van der Waals surface area contributed by atoms with Crippen LogP contribution < -0.4 is 14.8 Å². The molecule has 2 atom stereocenters. The summed E-state index contributed by atoms with van der Waals surface area (Å²) in [7, 11) is 0. The van der Waals surface area contributed by atoms with Crippen LogP contribution in [0.4, 0.5) is 0 Å². The van der Waals surface area contributed by atoms with Gasteiger partial charge in [-0.1, -0.05) is 48.6 Å². The first kappa shape index (κ1) is 26.7. The minimum Gasteiger partial charge on any atom is -0.477 e. The number of esters is 2. The van der Waals surface area contributed by atoms with E-state index in [1.165, 1.54) is 42.6 Å². The first-order valence-electron chi connectivity index (χ1n) is 11.6. The van der Waals surface area contributed by atoms with E-state index < -0.39 is 35.2 Å². The zero-order valence-electron chi connectivity index (χ0n) is 20.5. The Morgan fingerprint density at radius 2 is 1.71 bits per heavy atom. The highest BCUT2D eigenvalue weighted by atomic mass is 32.2. The Kier molecular flexibility index (Phi) is 7.96. The highest BCUT2D eigenvalue weighted by Crippen LogP contribution is 2.41. The van der Waals surface area contributed by atoms with Gasteiger partial charge in [0.15, 0.2) is 11.5 Å². The summed E-state index contributed by atoms with van der Waals surface area (Å²) in [5.74, 6) is -2.86. The molecule has 0 spiro atoms. The fourth-order valence-corrected chi connectivity index (χ4v) is 5.39. The Bertz CT molecular complexity index is 1370.